The van der Waals surface area contributed by atoms with E-state index in [-0.39, 0.29) is 24.5 Å². The molecule has 19 heteroatoms. The van der Waals surface area contributed by atoms with E-state index in [1.54, 1.807) is 12.3 Å². The monoisotopic (exact) mass is 1000 g/mol. The Labute approximate surface area is 426 Å². The lowest BCUT2D eigenvalue weighted by Crippen LogP contribution is -2.38. The van der Waals surface area contributed by atoms with E-state index in [0.29, 0.717) is 68.0 Å². The van der Waals surface area contributed by atoms with Gasteiger partial charge in [0.15, 0.2) is 17.5 Å². The average molecular weight is 1000 g/mol. The van der Waals surface area contributed by atoms with Crippen LogP contribution >= 0.6 is 0 Å². The van der Waals surface area contributed by atoms with Gasteiger partial charge < -0.3 is 71.5 Å². The fraction of sp³-hybridized carbons (Fsp3) is 0.547. The molecule has 0 spiro atoms. The van der Waals surface area contributed by atoms with E-state index in [1.165, 1.54) is 24.8 Å². The first-order valence-electron chi connectivity index (χ1n) is 25.3. The summed E-state index contributed by atoms with van der Waals surface area (Å²) in [5.41, 5.74) is 15.8. The van der Waals surface area contributed by atoms with Gasteiger partial charge in [0.2, 0.25) is 0 Å². The maximum absolute atomic E-state index is 11.2. The van der Waals surface area contributed by atoms with Crippen molar-refractivity contribution in [3.05, 3.63) is 101 Å². The van der Waals surface area contributed by atoms with Gasteiger partial charge in [-0.2, -0.15) is 5.10 Å². The van der Waals surface area contributed by atoms with Crippen LogP contribution in [0.1, 0.15) is 84.8 Å². The van der Waals surface area contributed by atoms with Gasteiger partial charge in [0.25, 0.3) is 0 Å². The normalized spacial score (nSPS) is 14.1. The van der Waals surface area contributed by atoms with E-state index < -0.39 is 12.2 Å². The molecule has 3 heterocycles. The minimum absolute atomic E-state index is 0.0874. The van der Waals surface area contributed by atoms with Crippen molar-refractivity contribution in [3.63, 3.8) is 0 Å². The molecule has 2 aromatic heterocycles. The summed E-state index contributed by atoms with van der Waals surface area (Å²) in [5, 5.41) is 46.8. The summed E-state index contributed by atoms with van der Waals surface area (Å²) >= 11 is 0. The highest BCUT2D eigenvalue weighted by molar-refractivity contribution is 5.90. The quantitative estimate of drug-likeness (QED) is 0.0117. The summed E-state index contributed by atoms with van der Waals surface area (Å²) in [6.45, 7) is 19.3. The van der Waals surface area contributed by atoms with Gasteiger partial charge in [0, 0.05) is 55.6 Å². The predicted octanol–water partition coefficient (Wildman–Crippen LogP) is 5.54. The average Bonchev–Trinajstić information content (AvgIpc) is 4.22. The number of aliphatic hydroxyl groups excluding tert-OH is 2. The van der Waals surface area contributed by atoms with E-state index in [0.717, 1.165) is 79.3 Å². The third kappa shape index (κ3) is 24.2. The van der Waals surface area contributed by atoms with Crippen LogP contribution in [0.5, 0.6) is 11.5 Å². The Morgan fingerprint density at radius 3 is 1.92 bits per heavy atom. The second-order valence-corrected chi connectivity index (χ2v) is 18.7. The minimum Gasteiger partial charge on any atom is -0.754 e. The second-order valence-electron chi connectivity index (χ2n) is 18.7. The molecule has 1 saturated heterocycles. The number of fused-ring (bicyclic) bond motifs is 1. The fourth-order valence-corrected chi connectivity index (χ4v) is 6.88. The van der Waals surface area contributed by atoms with Gasteiger partial charge in [-0.05, 0) is 93.7 Å². The number of nitrogens with two attached hydrogens (primary N) is 3. The highest BCUT2D eigenvalue weighted by atomic mass is 16.5. The smallest absolute Gasteiger partial charge is 0.346 e. The minimum atomic E-state index is -0.513. The number of nitrogens with zero attached hydrogens (tertiary/aromatic N) is 5. The molecule has 0 radical (unpaired) electrons. The molecule has 11 N–H and O–H groups in total. The highest BCUT2D eigenvalue weighted by Crippen LogP contribution is 2.29. The summed E-state index contributed by atoms with van der Waals surface area (Å²) in [6.07, 6.45) is 8.09. The van der Waals surface area contributed by atoms with Gasteiger partial charge in [-0.1, -0.05) is 81.2 Å². The third-order valence-corrected chi connectivity index (χ3v) is 11.1. The fourth-order valence-electron chi connectivity index (χ4n) is 6.88. The molecule has 398 valence electrons. The van der Waals surface area contributed by atoms with E-state index in [1.807, 2.05) is 88.4 Å². The summed E-state index contributed by atoms with van der Waals surface area (Å²) in [6, 6.07) is 25.9. The number of hydrazine groups is 1. The molecule has 2 fully saturated rings. The molecule has 7 rings (SSSR count). The second kappa shape index (κ2) is 33.2. The molecule has 1 aliphatic carbocycles. The number of ether oxygens (including phenoxy) is 5. The van der Waals surface area contributed by atoms with Crippen molar-refractivity contribution in [1.82, 2.24) is 25.8 Å². The first kappa shape index (κ1) is 58.9. The molecule has 1 saturated carbocycles. The van der Waals surface area contributed by atoms with E-state index in [9.17, 15) is 15.4 Å². The Bertz CT molecular complexity index is 2190. The zero-order valence-electron chi connectivity index (χ0n) is 43.4. The van der Waals surface area contributed by atoms with Crippen molar-refractivity contribution < 1.29 is 38.6 Å². The zero-order chi connectivity index (χ0) is 52.1. The number of nitrogen functional groups attached to an aromatic ring is 3. The molecule has 1 aliphatic heterocycles. The molecule has 2 atom stereocenters. The van der Waals surface area contributed by atoms with Crippen molar-refractivity contribution in [2.24, 2.45) is 11.8 Å². The van der Waals surface area contributed by atoms with Crippen LogP contribution in [0.25, 0.3) is 10.8 Å². The van der Waals surface area contributed by atoms with Crippen molar-refractivity contribution >= 4 is 34.2 Å². The van der Waals surface area contributed by atoms with Crippen molar-refractivity contribution in [3.8, 4) is 11.5 Å². The zero-order valence-corrected chi connectivity index (χ0v) is 43.4. The van der Waals surface area contributed by atoms with E-state index >= 15 is 0 Å². The Morgan fingerprint density at radius 1 is 0.764 bits per heavy atom. The molecule has 72 heavy (non-hydrogen) atoms. The van der Waals surface area contributed by atoms with Gasteiger partial charge in [0.05, 0.1) is 44.8 Å². The van der Waals surface area contributed by atoms with Crippen LogP contribution in [-0.4, -0.2) is 122 Å². The van der Waals surface area contributed by atoms with Gasteiger partial charge in [-0.25, -0.2) is 10.6 Å². The number of aromatic nitrogens is 4. The van der Waals surface area contributed by atoms with Crippen LogP contribution in [-0.2, 0) is 27.2 Å². The Hall–Kier alpha value is -5.64. The first-order valence-corrected chi connectivity index (χ1v) is 25.3. The number of piperidine rings is 1. The first-order chi connectivity index (χ1) is 34.7. The van der Waals surface area contributed by atoms with Gasteiger partial charge >= 0.3 is 5.95 Å². The Balaban J connectivity index is 0.000000214. The maximum atomic E-state index is 11.2. The molecule has 0 amide bonds. The van der Waals surface area contributed by atoms with Crippen molar-refractivity contribution in [2.45, 2.75) is 117 Å². The van der Waals surface area contributed by atoms with Crippen molar-refractivity contribution in [1.29, 1.82) is 0 Å². The summed E-state index contributed by atoms with van der Waals surface area (Å²) in [5.74, 6) is 8.96. The van der Waals surface area contributed by atoms with E-state index in [2.05, 4.69) is 62.1 Å². The summed E-state index contributed by atoms with van der Waals surface area (Å²) in [4.78, 5) is 6.14. The van der Waals surface area contributed by atoms with Crippen LogP contribution in [0, 0.1) is 11.1 Å². The Morgan fingerprint density at radius 2 is 1.36 bits per heavy atom. The number of anilines is 4. The molecule has 5 aromatic rings. The molecule has 3 aromatic carbocycles. The lowest BCUT2D eigenvalue weighted by molar-refractivity contribution is -0.576. The topological polar surface area (TPSA) is 270 Å². The number of hydrogen-bond donors (Lipinski definition) is 8. The molecular weight excluding hydrogens is 919 g/mol. The highest BCUT2D eigenvalue weighted by Gasteiger charge is 2.21. The van der Waals surface area contributed by atoms with E-state index in [4.69, 9.17) is 41.0 Å². The van der Waals surface area contributed by atoms with Crippen LogP contribution in [0.2, 0.25) is 0 Å². The number of rotatable bonds is 25. The van der Waals surface area contributed by atoms with Crippen LogP contribution < -0.4 is 52.5 Å². The van der Waals surface area contributed by atoms with Crippen LogP contribution in [0.15, 0.2) is 85.1 Å². The molecule has 2 aliphatic rings. The maximum Gasteiger partial charge on any atom is 0.346 e. The van der Waals surface area contributed by atoms with Crippen LogP contribution in [0.3, 0.4) is 0 Å². The molecular formula is C53H83N11O8. The van der Waals surface area contributed by atoms with Crippen molar-refractivity contribution in [2.75, 3.05) is 87.6 Å². The van der Waals surface area contributed by atoms with Gasteiger partial charge in [-0.3, -0.25) is 0 Å². The summed E-state index contributed by atoms with van der Waals surface area (Å²) in [7, 11) is 0. The largest absolute Gasteiger partial charge is 0.754 e. The third-order valence-electron chi connectivity index (χ3n) is 11.1. The lowest BCUT2D eigenvalue weighted by atomic mass is 10.1. The van der Waals surface area contributed by atoms with Gasteiger partial charge in [-0.15, -0.1) is 5.10 Å². The van der Waals surface area contributed by atoms with Gasteiger partial charge in [0.1, 0.15) is 36.9 Å². The molecule has 0 bridgehead atoms. The van der Waals surface area contributed by atoms with Crippen LogP contribution in [0.4, 0.5) is 23.4 Å². The summed E-state index contributed by atoms with van der Waals surface area (Å²) < 4.78 is 28.2. The SMILES string of the molecule is CC(C)NCC(O)COc1ccc(CCOCC2CC2)cc1.CC(C)NCC(O)COc1ccc(COCCOC(C)C)cc1.NNc1nncc2ccccc12.Nc1cc(N2CCCCC2)nc(N)[n+]1[O-]. The standard InChI is InChI=1S/C18H31NO4.C18H29NO3.C9H15N5O.C8H8N4/c1-14(2)19-11-17(20)13-23-18-7-5-16(6-8-18)12-21-9-10-22-15(3)4;1-14(2)19-11-17(20)13-22-18-7-5-15(6-8-18)9-10-21-12-16-3-4-16;10-7-6-8(12-9(11)14(7)15)13-4-2-1-3-5-13;9-11-8-7-4-2-1-3-6(7)5-10-12-8/h5-8,14-15,17,19-20H,9-13H2,1-4H3;5-8,14,16-17,19-20H,3-4,9-13H2,1-2H3;6H,1-5,10H2,(H2,11,12);1-5H,9H2,(H,11,12). The molecule has 2 unspecified atom stereocenters. The number of hydrogen-bond acceptors (Lipinski definition) is 18. The lowest BCUT2D eigenvalue weighted by Gasteiger charge is -2.26. The number of aliphatic hydroxyl groups is 2. The predicted molar refractivity (Wildman–Crippen MR) is 286 cm³/mol. The number of nitrogens with one attached hydrogen (secondary N) is 3. The Kier molecular flexibility index (Phi) is 27.1. The number of benzene rings is 3. The molecule has 19 nitrogen and oxygen atoms in total.